The largest absolute Gasteiger partial charge is 0.494 e. The van der Waals surface area contributed by atoms with Crippen LogP contribution in [-0.4, -0.2) is 11.6 Å². The molecule has 1 unspecified atom stereocenters. The molecule has 0 spiro atoms. The van der Waals surface area contributed by atoms with E-state index in [-0.39, 0.29) is 6.04 Å². The molecule has 0 bridgehead atoms. The van der Waals surface area contributed by atoms with Gasteiger partial charge in [-0.2, -0.15) is 0 Å². The lowest BCUT2D eigenvalue weighted by Crippen LogP contribution is -2.30. The van der Waals surface area contributed by atoms with Crippen molar-refractivity contribution in [2.45, 2.75) is 19.4 Å². The van der Waals surface area contributed by atoms with Crippen LogP contribution >= 0.6 is 0 Å². The van der Waals surface area contributed by atoms with Crippen molar-refractivity contribution in [3.05, 3.63) is 53.7 Å². The second kappa shape index (κ2) is 6.88. The zero-order chi connectivity index (χ0) is 14.4. The predicted octanol–water partition coefficient (Wildman–Crippen LogP) is 1.81. The lowest BCUT2D eigenvalue weighted by Gasteiger charge is -2.20. The minimum absolute atomic E-state index is 0.0794. The highest BCUT2D eigenvalue weighted by Crippen LogP contribution is 2.28. The number of benzene rings is 1. The number of nitrogens with one attached hydrogen (secondary N) is 1. The van der Waals surface area contributed by atoms with E-state index in [1.54, 1.807) is 6.20 Å². The van der Waals surface area contributed by atoms with Crippen LogP contribution in [0, 0.1) is 0 Å². The molecule has 0 aliphatic rings. The van der Waals surface area contributed by atoms with Crippen LogP contribution in [0.2, 0.25) is 0 Å². The molecular weight excluding hydrogens is 252 g/mol. The quantitative estimate of drug-likeness (QED) is 0.551. The summed E-state index contributed by atoms with van der Waals surface area (Å²) in [6.07, 6.45) is 2.33. The molecule has 0 radical (unpaired) electrons. The molecule has 1 heterocycles. The van der Waals surface area contributed by atoms with Crippen LogP contribution in [0.25, 0.3) is 0 Å². The number of rotatable bonds is 6. The number of nitrogens with zero attached hydrogens (tertiary/aromatic N) is 1. The summed E-state index contributed by atoms with van der Waals surface area (Å²) in [5.74, 6) is 7.06. The van der Waals surface area contributed by atoms with E-state index in [1.807, 2.05) is 43.3 Å². The number of para-hydroxylation sites is 1. The first kappa shape index (κ1) is 14.3. The van der Waals surface area contributed by atoms with E-state index < -0.39 is 0 Å². The normalized spacial score (nSPS) is 12.1. The van der Waals surface area contributed by atoms with Crippen molar-refractivity contribution in [3.8, 4) is 5.75 Å². The first-order chi connectivity index (χ1) is 9.76. The number of pyridine rings is 1. The number of aromatic nitrogens is 1. The smallest absolute Gasteiger partial charge is 0.126 e. The average Bonchev–Trinajstić information content (AvgIpc) is 2.48. The van der Waals surface area contributed by atoms with Crippen LogP contribution in [0.1, 0.15) is 24.1 Å². The van der Waals surface area contributed by atoms with Crippen LogP contribution in [0.5, 0.6) is 5.75 Å². The Morgan fingerprint density at radius 1 is 1.25 bits per heavy atom. The topological polar surface area (TPSA) is 86.2 Å². The number of hydrogen-bond donors (Lipinski definition) is 3. The lowest BCUT2D eigenvalue weighted by atomic mass is 9.99. The molecule has 0 aliphatic carbocycles. The molecule has 1 aromatic heterocycles. The highest BCUT2D eigenvalue weighted by atomic mass is 16.5. The summed E-state index contributed by atoms with van der Waals surface area (Å²) in [6.45, 7) is 2.57. The number of nitrogen functional groups attached to an aromatic ring is 1. The Morgan fingerprint density at radius 3 is 2.75 bits per heavy atom. The second-order valence-corrected chi connectivity index (χ2v) is 4.44. The van der Waals surface area contributed by atoms with Crippen molar-refractivity contribution in [3.63, 3.8) is 0 Å². The Morgan fingerprint density at radius 2 is 2.05 bits per heavy atom. The van der Waals surface area contributed by atoms with Gasteiger partial charge in [0.2, 0.25) is 0 Å². The van der Waals surface area contributed by atoms with Gasteiger partial charge in [0.15, 0.2) is 0 Å². The first-order valence-electron chi connectivity index (χ1n) is 6.63. The van der Waals surface area contributed by atoms with Gasteiger partial charge in [-0.25, -0.2) is 4.98 Å². The molecule has 0 fully saturated rings. The Kier molecular flexibility index (Phi) is 4.92. The fraction of sp³-hybridized carbons (Fsp3) is 0.267. The van der Waals surface area contributed by atoms with Crippen molar-refractivity contribution in [1.82, 2.24) is 10.4 Å². The molecule has 0 saturated heterocycles. The number of hydrogen-bond acceptors (Lipinski definition) is 5. The standard InChI is InChI=1S/C15H20N4O/c1-2-20-14-8-4-3-7-12(14)13(19-17)10-11-6-5-9-18-15(11)16/h3-9,13,19H,2,10,17H2,1H3,(H2,16,18). The first-order valence-corrected chi connectivity index (χ1v) is 6.63. The van der Waals surface area contributed by atoms with Crippen LogP contribution in [0.15, 0.2) is 42.6 Å². The Bertz CT molecular complexity index is 559. The zero-order valence-electron chi connectivity index (χ0n) is 11.5. The van der Waals surface area contributed by atoms with E-state index in [2.05, 4.69) is 10.4 Å². The molecule has 0 amide bonds. The van der Waals surface area contributed by atoms with Crippen molar-refractivity contribution in [2.75, 3.05) is 12.3 Å². The average molecular weight is 272 g/mol. The maximum atomic E-state index is 5.89. The number of ether oxygens (including phenoxy) is 1. The van der Waals surface area contributed by atoms with Gasteiger partial charge in [-0.1, -0.05) is 24.3 Å². The van der Waals surface area contributed by atoms with Crippen LogP contribution < -0.4 is 21.7 Å². The van der Waals surface area contributed by atoms with Gasteiger partial charge in [-0.05, 0) is 31.0 Å². The van der Waals surface area contributed by atoms with E-state index in [1.165, 1.54) is 0 Å². The molecule has 5 nitrogen and oxygen atoms in total. The number of nitrogens with two attached hydrogens (primary N) is 2. The fourth-order valence-corrected chi connectivity index (χ4v) is 2.16. The Balaban J connectivity index is 2.27. The summed E-state index contributed by atoms with van der Waals surface area (Å²) in [5.41, 5.74) is 10.7. The fourth-order valence-electron chi connectivity index (χ4n) is 2.16. The maximum Gasteiger partial charge on any atom is 0.126 e. The van der Waals surface area contributed by atoms with E-state index in [9.17, 15) is 0 Å². The van der Waals surface area contributed by atoms with Crippen LogP contribution in [0.4, 0.5) is 5.82 Å². The molecule has 0 saturated carbocycles. The van der Waals surface area contributed by atoms with Gasteiger partial charge in [0.1, 0.15) is 11.6 Å². The van der Waals surface area contributed by atoms with E-state index >= 15 is 0 Å². The Labute approximate surface area is 118 Å². The molecule has 106 valence electrons. The van der Waals surface area contributed by atoms with Gasteiger partial charge in [0.05, 0.1) is 12.6 Å². The van der Waals surface area contributed by atoms with Gasteiger partial charge in [-0.15, -0.1) is 0 Å². The molecule has 2 rings (SSSR count). The van der Waals surface area contributed by atoms with E-state index in [0.717, 1.165) is 16.9 Å². The molecule has 5 N–H and O–H groups in total. The Hall–Kier alpha value is -2.11. The second-order valence-electron chi connectivity index (χ2n) is 4.44. The zero-order valence-corrected chi connectivity index (χ0v) is 11.5. The lowest BCUT2D eigenvalue weighted by molar-refractivity contribution is 0.331. The van der Waals surface area contributed by atoms with Gasteiger partial charge < -0.3 is 10.5 Å². The van der Waals surface area contributed by atoms with Crippen molar-refractivity contribution in [1.29, 1.82) is 0 Å². The minimum atomic E-state index is -0.0794. The maximum absolute atomic E-state index is 5.89. The molecule has 1 atom stereocenters. The third kappa shape index (κ3) is 3.26. The summed E-state index contributed by atoms with van der Waals surface area (Å²) in [4.78, 5) is 4.10. The van der Waals surface area contributed by atoms with E-state index in [0.29, 0.717) is 18.8 Å². The summed E-state index contributed by atoms with van der Waals surface area (Å²) >= 11 is 0. The summed E-state index contributed by atoms with van der Waals surface area (Å²) in [6, 6.07) is 11.6. The van der Waals surface area contributed by atoms with Gasteiger partial charge in [0, 0.05) is 11.8 Å². The summed E-state index contributed by atoms with van der Waals surface area (Å²) < 4.78 is 5.65. The molecule has 5 heteroatoms. The molecule has 2 aromatic rings. The highest BCUT2D eigenvalue weighted by molar-refractivity contribution is 5.42. The van der Waals surface area contributed by atoms with Crippen molar-refractivity contribution in [2.24, 2.45) is 5.84 Å². The summed E-state index contributed by atoms with van der Waals surface area (Å²) in [7, 11) is 0. The summed E-state index contributed by atoms with van der Waals surface area (Å²) in [5, 5.41) is 0. The van der Waals surface area contributed by atoms with Crippen LogP contribution in [-0.2, 0) is 6.42 Å². The van der Waals surface area contributed by atoms with Gasteiger partial charge >= 0.3 is 0 Å². The van der Waals surface area contributed by atoms with Gasteiger partial charge in [-0.3, -0.25) is 11.3 Å². The monoisotopic (exact) mass is 272 g/mol. The predicted molar refractivity (Wildman–Crippen MR) is 80.0 cm³/mol. The third-order valence-electron chi connectivity index (χ3n) is 3.15. The SMILES string of the molecule is CCOc1ccccc1C(Cc1cccnc1N)NN. The molecule has 0 aliphatic heterocycles. The van der Waals surface area contributed by atoms with Crippen molar-refractivity contribution >= 4 is 5.82 Å². The van der Waals surface area contributed by atoms with Gasteiger partial charge in [0.25, 0.3) is 0 Å². The number of anilines is 1. The van der Waals surface area contributed by atoms with Crippen molar-refractivity contribution < 1.29 is 4.74 Å². The third-order valence-corrected chi connectivity index (χ3v) is 3.15. The van der Waals surface area contributed by atoms with Crippen LogP contribution in [0.3, 0.4) is 0 Å². The molecule has 1 aromatic carbocycles. The van der Waals surface area contributed by atoms with E-state index in [4.69, 9.17) is 16.3 Å². The highest BCUT2D eigenvalue weighted by Gasteiger charge is 2.16. The molecule has 20 heavy (non-hydrogen) atoms. The number of hydrazine groups is 1. The minimum Gasteiger partial charge on any atom is -0.494 e. The molecular formula is C15H20N4O.